The maximum atomic E-state index is 12.8. The average Bonchev–Trinajstić information content (AvgIpc) is 3.89. The Kier molecular flexibility index (Phi) is 11.4. The van der Waals surface area contributed by atoms with Crippen LogP contribution in [-0.2, 0) is 15.7 Å². The number of ether oxygens (including phenoxy) is 2. The first-order valence-corrected chi connectivity index (χ1v) is 16.7. The van der Waals surface area contributed by atoms with E-state index in [2.05, 4.69) is 44.8 Å². The van der Waals surface area contributed by atoms with E-state index in [4.69, 9.17) is 9.47 Å². The molecule has 4 atom stereocenters. The molecule has 2 fully saturated rings. The number of amides is 2. The van der Waals surface area contributed by atoms with Gasteiger partial charge in [0.2, 0.25) is 0 Å². The lowest BCUT2D eigenvalue weighted by atomic mass is 9.95. The number of carbonyl (C=O) groups is 2. The van der Waals surface area contributed by atoms with Crippen molar-refractivity contribution in [3.63, 3.8) is 0 Å². The molecule has 3 aromatic carbocycles. The summed E-state index contributed by atoms with van der Waals surface area (Å²) in [4.78, 5) is 23.4. The van der Waals surface area contributed by atoms with Gasteiger partial charge in [0.05, 0.1) is 5.56 Å². The third-order valence-electron chi connectivity index (χ3n) is 7.85. The van der Waals surface area contributed by atoms with E-state index in [0.717, 1.165) is 46.1 Å². The Balaban J connectivity index is 0.000000229. The van der Waals surface area contributed by atoms with Crippen LogP contribution >= 0.6 is 15.9 Å². The van der Waals surface area contributed by atoms with Gasteiger partial charge in [-0.3, -0.25) is 0 Å². The Morgan fingerprint density at radius 2 is 1.15 bits per heavy atom. The predicted molar refractivity (Wildman–Crippen MR) is 181 cm³/mol. The van der Waals surface area contributed by atoms with Crippen LogP contribution in [0.3, 0.4) is 0 Å². The van der Waals surface area contributed by atoms with Crippen LogP contribution < -0.4 is 10.6 Å². The third kappa shape index (κ3) is 11.3. The molecule has 0 spiro atoms. The predicted octanol–water partition coefficient (Wildman–Crippen LogP) is 10.1. The van der Waals surface area contributed by atoms with Crippen molar-refractivity contribution in [2.45, 2.75) is 83.6 Å². The number of carbonyl (C=O) groups excluding carboxylic acids is 2. The van der Waals surface area contributed by atoms with E-state index in [0.29, 0.717) is 30.8 Å². The maximum absolute atomic E-state index is 12.8. The van der Waals surface area contributed by atoms with Gasteiger partial charge in [-0.15, -0.1) is 0 Å². The minimum absolute atomic E-state index is 0.272. The van der Waals surface area contributed by atoms with Gasteiger partial charge >= 0.3 is 18.4 Å². The van der Waals surface area contributed by atoms with Gasteiger partial charge in [-0.2, -0.15) is 13.2 Å². The van der Waals surface area contributed by atoms with Gasteiger partial charge in [0.15, 0.2) is 0 Å². The molecule has 254 valence electrons. The highest BCUT2D eigenvalue weighted by Gasteiger charge is 2.40. The molecule has 2 aliphatic rings. The summed E-state index contributed by atoms with van der Waals surface area (Å²) in [7, 11) is 0. The number of rotatable bonds is 7. The number of hydrogen-bond donors (Lipinski definition) is 2. The van der Waals surface area contributed by atoms with Gasteiger partial charge in [-0.05, 0) is 119 Å². The fraction of sp³-hybridized carbons (Fsp3) is 0.459. The van der Waals surface area contributed by atoms with Gasteiger partial charge in [-0.1, -0.05) is 70.5 Å². The molecule has 0 radical (unpaired) electrons. The zero-order chi connectivity index (χ0) is 34.6. The summed E-state index contributed by atoms with van der Waals surface area (Å²) in [6.07, 6.45) is -3.06. The number of hydrogen-bond acceptors (Lipinski definition) is 4. The highest BCUT2D eigenvalue weighted by molar-refractivity contribution is 9.10. The second-order valence-corrected chi connectivity index (χ2v) is 15.0. The Hall–Kier alpha value is -3.53. The zero-order valence-corrected chi connectivity index (χ0v) is 29.3. The summed E-state index contributed by atoms with van der Waals surface area (Å²) in [5.74, 6) is 1.63. The number of halogens is 4. The zero-order valence-electron chi connectivity index (χ0n) is 27.7. The smallest absolute Gasteiger partial charge is 0.416 e. The van der Waals surface area contributed by atoms with Crippen molar-refractivity contribution >= 4 is 28.1 Å². The molecule has 0 aromatic heterocycles. The number of benzene rings is 3. The molecule has 0 aliphatic heterocycles. The lowest BCUT2D eigenvalue weighted by Gasteiger charge is -2.19. The number of nitrogens with one attached hydrogen (secondary N) is 2. The molecule has 0 saturated heterocycles. The van der Waals surface area contributed by atoms with E-state index < -0.39 is 29.0 Å². The Labute approximate surface area is 283 Å². The third-order valence-corrected chi connectivity index (χ3v) is 8.57. The molecule has 47 heavy (non-hydrogen) atoms. The summed E-state index contributed by atoms with van der Waals surface area (Å²) in [6, 6.07) is 21.3. The topological polar surface area (TPSA) is 76.7 Å². The maximum Gasteiger partial charge on any atom is 0.416 e. The van der Waals surface area contributed by atoms with E-state index in [9.17, 15) is 22.8 Å². The minimum atomic E-state index is -4.34. The molecule has 10 heteroatoms. The molecule has 2 N–H and O–H groups in total. The van der Waals surface area contributed by atoms with Crippen LogP contribution in [0, 0.1) is 11.8 Å². The highest BCUT2D eigenvalue weighted by atomic mass is 79.9. The number of alkyl carbamates (subject to hydrolysis) is 2. The second-order valence-electron chi connectivity index (χ2n) is 14.2. The van der Waals surface area contributed by atoms with Crippen molar-refractivity contribution in [2.24, 2.45) is 11.8 Å². The summed E-state index contributed by atoms with van der Waals surface area (Å²) in [5.41, 5.74) is 2.49. The highest BCUT2D eigenvalue weighted by Crippen LogP contribution is 2.50. The molecular weight excluding hydrogens is 673 g/mol. The van der Waals surface area contributed by atoms with Crippen molar-refractivity contribution in [3.05, 3.63) is 94.0 Å². The van der Waals surface area contributed by atoms with E-state index in [1.54, 1.807) is 0 Å². The summed E-state index contributed by atoms with van der Waals surface area (Å²) in [5, 5.41) is 5.64. The lowest BCUT2D eigenvalue weighted by molar-refractivity contribution is -0.137. The normalized spacial score (nSPS) is 20.3. The standard InChI is InChI=1S/C22H24F3NO2.C15H20BrNO2/c1-21(2,3)28-20(27)26-13-15-12-19(15)18-7-5-4-6-17(18)14-8-10-16(11-9-14)22(23,24)25;1-15(2,3)19-14(18)17-9-10-8-12(10)11-6-4-5-7-13(11)16/h4-11,15,19H,12-13H2,1-3H3,(H,26,27);4-7,10,12H,8-9H2,1-3H3,(H,17,18). The van der Waals surface area contributed by atoms with Crippen molar-refractivity contribution in [1.29, 1.82) is 0 Å². The van der Waals surface area contributed by atoms with Crippen molar-refractivity contribution in [3.8, 4) is 11.1 Å². The van der Waals surface area contributed by atoms with Crippen LogP contribution in [-0.4, -0.2) is 36.5 Å². The van der Waals surface area contributed by atoms with Crippen molar-refractivity contribution in [2.75, 3.05) is 13.1 Å². The van der Waals surface area contributed by atoms with Gasteiger partial charge in [0.25, 0.3) is 0 Å². The molecule has 2 amide bonds. The molecule has 6 nitrogen and oxygen atoms in total. The largest absolute Gasteiger partial charge is 0.444 e. The van der Waals surface area contributed by atoms with Gasteiger partial charge in [0, 0.05) is 17.6 Å². The molecular formula is C37H44BrF3N2O4. The lowest BCUT2D eigenvalue weighted by Crippen LogP contribution is -2.33. The second kappa shape index (κ2) is 14.7. The molecule has 3 aromatic rings. The monoisotopic (exact) mass is 716 g/mol. The molecule has 5 rings (SSSR count). The Morgan fingerprint density at radius 3 is 1.62 bits per heavy atom. The van der Waals surface area contributed by atoms with Crippen LogP contribution in [0.15, 0.2) is 77.3 Å². The van der Waals surface area contributed by atoms with Crippen LogP contribution in [0.4, 0.5) is 22.8 Å². The fourth-order valence-electron chi connectivity index (χ4n) is 5.46. The van der Waals surface area contributed by atoms with Crippen LogP contribution in [0.25, 0.3) is 11.1 Å². The van der Waals surface area contributed by atoms with E-state index in [1.807, 2.05) is 71.9 Å². The average molecular weight is 718 g/mol. The first-order chi connectivity index (χ1) is 21.9. The SMILES string of the molecule is CC(C)(C)OC(=O)NCC1CC1c1ccccc1-c1ccc(C(F)(F)F)cc1.CC(C)(C)OC(=O)NCC1CC1c1ccccc1Br. The van der Waals surface area contributed by atoms with Crippen molar-refractivity contribution < 1.29 is 32.2 Å². The quantitative estimate of drug-likeness (QED) is 0.255. The van der Waals surface area contributed by atoms with Crippen molar-refractivity contribution in [1.82, 2.24) is 10.6 Å². The van der Waals surface area contributed by atoms with E-state index in [1.165, 1.54) is 17.7 Å². The van der Waals surface area contributed by atoms with Crippen LogP contribution in [0.5, 0.6) is 0 Å². The first-order valence-electron chi connectivity index (χ1n) is 15.9. The van der Waals surface area contributed by atoms with E-state index >= 15 is 0 Å². The van der Waals surface area contributed by atoms with Crippen LogP contribution in [0.2, 0.25) is 0 Å². The summed E-state index contributed by atoms with van der Waals surface area (Å²) < 4.78 is 50.0. The summed E-state index contributed by atoms with van der Waals surface area (Å²) >= 11 is 3.57. The Bertz CT molecular complexity index is 1530. The molecule has 2 saturated carbocycles. The first kappa shape index (κ1) is 36.3. The summed E-state index contributed by atoms with van der Waals surface area (Å²) in [6.45, 7) is 12.2. The van der Waals surface area contributed by atoms with Gasteiger partial charge < -0.3 is 20.1 Å². The molecule has 0 heterocycles. The molecule has 4 unspecified atom stereocenters. The van der Waals surface area contributed by atoms with Gasteiger partial charge in [-0.25, -0.2) is 9.59 Å². The minimum Gasteiger partial charge on any atom is -0.444 e. The fourth-order valence-corrected chi connectivity index (χ4v) is 6.04. The Morgan fingerprint density at radius 1 is 0.702 bits per heavy atom. The van der Waals surface area contributed by atoms with E-state index in [-0.39, 0.29) is 12.0 Å². The number of alkyl halides is 3. The van der Waals surface area contributed by atoms with Crippen LogP contribution in [0.1, 0.15) is 82.9 Å². The van der Waals surface area contributed by atoms with Gasteiger partial charge in [0.1, 0.15) is 11.2 Å². The molecule has 2 aliphatic carbocycles. The molecule has 0 bridgehead atoms.